The fourth-order valence-electron chi connectivity index (χ4n) is 1.97. The number of hydrogen-bond acceptors (Lipinski definition) is 4. The van der Waals surface area contributed by atoms with Gasteiger partial charge in [0.25, 0.3) is 5.69 Å². The summed E-state index contributed by atoms with van der Waals surface area (Å²) in [5.74, 6) is 0.541. The van der Waals surface area contributed by atoms with Crippen LogP contribution in [0.2, 0.25) is 0 Å². The molecule has 0 aliphatic carbocycles. The highest BCUT2D eigenvalue weighted by atomic mass is 32.1. The number of methoxy groups -OCH3 is 1. The Morgan fingerprint density at radius 2 is 1.92 bits per heavy atom. The molecule has 0 radical (unpaired) electrons. The lowest BCUT2D eigenvalue weighted by Crippen LogP contribution is -2.21. The molecule has 0 saturated carbocycles. The summed E-state index contributed by atoms with van der Waals surface area (Å²) in [5.41, 5.74) is -1.73. The number of nitro groups is 1. The normalized spacial score (nSPS) is 10.9. The van der Waals surface area contributed by atoms with Crippen molar-refractivity contribution in [1.29, 1.82) is 0 Å². The van der Waals surface area contributed by atoms with Crippen LogP contribution in [0.4, 0.5) is 30.2 Å². The molecule has 0 heterocycles. The first-order valence-corrected chi connectivity index (χ1v) is 7.19. The van der Waals surface area contributed by atoms with E-state index in [1.54, 1.807) is 24.3 Å². The molecule has 2 N–H and O–H groups in total. The topological polar surface area (TPSA) is 76.4 Å². The molecular formula is C15H12F3N3O3S. The summed E-state index contributed by atoms with van der Waals surface area (Å²) in [7, 11) is 1.47. The second kappa shape index (κ2) is 7.34. The van der Waals surface area contributed by atoms with Crippen molar-refractivity contribution in [2.45, 2.75) is 6.18 Å². The van der Waals surface area contributed by atoms with E-state index in [-0.39, 0.29) is 5.11 Å². The number of benzene rings is 2. The molecule has 2 rings (SSSR count). The van der Waals surface area contributed by atoms with Gasteiger partial charge in [-0.05, 0) is 30.4 Å². The Balaban J connectivity index is 2.23. The van der Waals surface area contributed by atoms with Gasteiger partial charge in [0.2, 0.25) is 0 Å². The Hall–Kier alpha value is -2.88. The third kappa shape index (κ3) is 4.80. The fourth-order valence-corrected chi connectivity index (χ4v) is 2.20. The lowest BCUT2D eigenvalue weighted by molar-refractivity contribution is -0.385. The number of halogens is 3. The minimum atomic E-state index is -4.78. The monoisotopic (exact) mass is 371 g/mol. The maximum atomic E-state index is 13.1. The van der Waals surface area contributed by atoms with E-state index in [4.69, 9.17) is 17.0 Å². The van der Waals surface area contributed by atoms with Gasteiger partial charge in [0.1, 0.15) is 5.75 Å². The lowest BCUT2D eigenvalue weighted by Gasteiger charge is -2.16. The van der Waals surface area contributed by atoms with Gasteiger partial charge in [-0.1, -0.05) is 6.07 Å². The van der Waals surface area contributed by atoms with Gasteiger partial charge in [-0.3, -0.25) is 10.1 Å². The summed E-state index contributed by atoms with van der Waals surface area (Å²) in [6.45, 7) is 0. The molecule has 0 aliphatic rings. The molecule has 0 unspecified atom stereocenters. The summed E-state index contributed by atoms with van der Waals surface area (Å²) in [4.78, 5) is 9.79. The second-order valence-corrected chi connectivity index (χ2v) is 5.20. The Labute approximate surface area is 145 Å². The molecule has 6 nitrogen and oxygen atoms in total. The molecule has 0 aromatic heterocycles. The third-order valence-corrected chi connectivity index (χ3v) is 3.30. The van der Waals surface area contributed by atoms with Crippen LogP contribution in [0.1, 0.15) is 5.56 Å². The van der Waals surface area contributed by atoms with Gasteiger partial charge in [0.15, 0.2) is 5.11 Å². The van der Waals surface area contributed by atoms with Crippen molar-refractivity contribution in [2.24, 2.45) is 0 Å². The number of ether oxygens (including phenoxy) is 1. The Bertz CT molecular complexity index is 812. The van der Waals surface area contributed by atoms with E-state index in [9.17, 15) is 23.3 Å². The van der Waals surface area contributed by atoms with Crippen LogP contribution < -0.4 is 15.4 Å². The zero-order chi connectivity index (χ0) is 18.6. The summed E-state index contributed by atoms with van der Waals surface area (Å²) < 4.78 is 44.4. The van der Waals surface area contributed by atoms with Crippen molar-refractivity contribution in [3.05, 3.63) is 58.1 Å². The second-order valence-electron chi connectivity index (χ2n) is 4.80. The van der Waals surface area contributed by atoms with E-state index in [0.29, 0.717) is 17.5 Å². The van der Waals surface area contributed by atoms with E-state index in [2.05, 4.69) is 10.6 Å². The van der Waals surface area contributed by atoms with Gasteiger partial charge in [-0.25, -0.2) is 0 Å². The number of nitro benzene ring substituents is 1. The molecule has 0 amide bonds. The maximum Gasteiger partial charge on any atom is 0.418 e. The van der Waals surface area contributed by atoms with Crippen LogP contribution in [0.3, 0.4) is 0 Å². The summed E-state index contributed by atoms with van der Waals surface area (Å²) in [6, 6.07) is 9.00. The van der Waals surface area contributed by atoms with Crippen molar-refractivity contribution in [2.75, 3.05) is 17.7 Å². The summed E-state index contributed by atoms with van der Waals surface area (Å²) >= 11 is 5.00. The van der Waals surface area contributed by atoms with E-state index in [1.165, 1.54) is 7.11 Å². The molecule has 25 heavy (non-hydrogen) atoms. The molecule has 0 atom stereocenters. The third-order valence-electron chi connectivity index (χ3n) is 3.10. The summed E-state index contributed by atoms with van der Waals surface area (Å²) in [6.07, 6.45) is -4.78. The number of thiocarbonyl (C=S) groups is 1. The first-order chi connectivity index (χ1) is 11.7. The van der Waals surface area contributed by atoms with Crippen LogP contribution in [0.25, 0.3) is 0 Å². The number of nitrogens with zero attached hydrogens (tertiary/aromatic N) is 1. The first-order valence-electron chi connectivity index (χ1n) is 6.78. The maximum absolute atomic E-state index is 13.1. The first kappa shape index (κ1) is 18.5. The smallest absolute Gasteiger partial charge is 0.418 e. The number of alkyl halides is 3. The van der Waals surface area contributed by atoms with E-state index >= 15 is 0 Å². The molecule has 0 aliphatic heterocycles. The van der Waals surface area contributed by atoms with Crippen molar-refractivity contribution in [3.63, 3.8) is 0 Å². The highest BCUT2D eigenvalue weighted by Gasteiger charge is 2.35. The van der Waals surface area contributed by atoms with Crippen molar-refractivity contribution >= 4 is 34.4 Å². The van der Waals surface area contributed by atoms with Crippen molar-refractivity contribution in [1.82, 2.24) is 0 Å². The molecule has 0 saturated heterocycles. The molecule has 2 aromatic rings. The molecule has 10 heteroatoms. The average Bonchev–Trinajstić information content (AvgIpc) is 2.54. The highest BCUT2D eigenvalue weighted by molar-refractivity contribution is 7.80. The summed E-state index contributed by atoms with van der Waals surface area (Å²) in [5, 5.41) is 15.7. The zero-order valence-corrected chi connectivity index (χ0v) is 13.6. The van der Waals surface area contributed by atoms with E-state index < -0.39 is 28.0 Å². The molecule has 0 bridgehead atoms. The number of hydrogen-bond donors (Lipinski definition) is 2. The van der Waals surface area contributed by atoms with Gasteiger partial charge in [0, 0.05) is 23.9 Å². The van der Waals surface area contributed by atoms with E-state index in [1.807, 2.05) is 0 Å². The minimum Gasteiger partial charge on any atom is -0.497 e. The Morgan fingerprint density at radius 3 is 2.52 bits per heavy atom. The number of rotatable bonds is 4. The van der Waals surface area contributed by atoms with Crippen LogP contribution >= 0.6 is 12.2 Å². The largest absolute Gasteiger partial charge is 0.497 e. The fraction of sp³-hybridized carbons (Fsp3) is 0.133. The van der Waals surface area contributed by atoms with Gasteiger partial charge < -0.3 is 15.4 Å². The van der Waals surface area contributed by atoms with Crippen LogP contribution in [0, 0.1) is 10.1 Å². The molecule has 2 aromatic carbocycles. The standard InChI is InChI=1S/C15H12F3N3O3S/c1-24-11-4-2-3-9(7-11)19-14(25)20-13-6-5-10(21(22)23)8-12(13)15(16,17)18/h2-8H,1H3,(H2,19,20,25). The van der Waals surface area contributed by atoms with E-state index in [0.717, 1.165) is 12.1 Å². The van der Waals surface area contributed by atoms with Gasteiger partial charge in [-0.2, -0.15) is 13.2 Å². The predicted molar refractivity (Wildman–Crippen MR) is 90.9 cm³/mol. The van der Waals surface area contributed by atoms with Crippen LogP contribution in [0.5, 0.6) is 5.75 Å². The van der Waals surface area contributed by atoms with Crippen LogP contribution in [-0.2, 0) is 6.18 Å². The van der Waals surface area contributed by atoms with Crippen molar-refractivity contribution in [3.8, 4) is 5.75 Å². The quantitative estimate of drug-likeness (QED) is 0.470. The lowest BCUT2D eigenvalue weighted by atomic mass is 10.1. The van der Waals surface area contributed by atoms with Gasteiger partial charge in [-0.15, -0.1) is 0 Å². The molecule has 132 valence electrons. The van der Waals surface area contributed by atoms with Gasteiger partial charge >= 0.3 is 6.18 Å². The number of nitrogens with one attached hydrogen (secondary N) is 2. The highest BCUT2D eigenvalue weighted by Crippen LogP contribution is 2.37. The predicted octanol–water partition coefficient (Wildman–Crippen LogP) is 4.43. The Kier molecular flexibility index (Phi) is 5.42. The molecular weight excluding hydrogens is 359 g/mol. The molecule has 0 spiro atoms. The minimum absolute atomic E-state index is 0.104. The average molecular weight is 371 g/mol. The van der Waals surface area contributed by atoms with Crippen LogP contribution in [0.15, 0.2) is 42.5 Å². The number of anilines is 2. The SMILES string of the molecule is COc1cccc(NC(=S)Nc2ccc([N+](=O)[O-])cc2C(F)(F)F)c1. The zero-order valence-electron chi connectivity index (χ0n) is 12.8. The molecule has 0 fully saturated rings. The van der Waals surface area contributed by atoms with Crippen LogP contribution in [-0.4, -0.2) is 17.1 Å². The Morgan fingerprint density at radius 1 is 1.20 bits per heavy atom. The van der Waals surface area contributed by atoms with Crippen molar-refractivity contribution < 1.29 is 22.8 Å². The number of non-ortho nitro benzene ring substituents is 1. The van der Waals surface area contributed by atoms with Gasteiger partial charge in [0.05, 0.1) is 23.3 Å².